The number of aryl methyl sites for hydroxylation is 1. The third kappa shape index (κ3) is 2.90. The summed E-state index contributed by atoms with van der Waals surface area (Å²) in [5, 5.41) is 5.21. The normalized spacial score (nSPS) is 14.3. The Morgan fingerprint density at radius 1 is 0.778 bits per heavy atom. The van der Waals surface area contributed by atoms with E-state index in [2.05, 4.69) is 36.4 Å². The molecule has 1 heterocycles. The van der Waals surface area contributed by atoms with Crippen LogP contribution in [0.2, 0.25) is 10.0 Å². The number of fused-ring (bicyclic) bond motifs is 5. The fraction of sp³-hybridized carbons (Fsp3) is 0.208. The first-order chi connectivity index (χ1) is 13.2. The van der Waals surface area contributed by atoms with Gasteiger partial charge in [-0.15, -0.1) is 0 Å². The third-order valence-electron chi connectivity index (χ3n) is 5.63. The van der Waals surface area contributed by atoms with Gasteiger partial charge in [-0.2, -0.15) is 0 Å². The van der Waals surface area contributed by atoms with Crippen LogP contribution in [0.5, 0.6) is 0 Å². The van der Waals surface area contributed by atoms with Crippen LogP contribution < -0.4 is 0 Å². The predicted molar refractivity (Wildman–Crippen MR) is 116 cm³/mol. The lowest BCUT2D eigenvalue weighted by atomic mass is 9.91. The molecule has 134 valence electrons. The molecule has 0 saturated heterocycles. The smallest absolute Gasteiger partial charge is 0.0759 e. The second-order valence-corrected chi connectivity index (χ2v) is 8.13. The lowest BCUT2D eigenvalue weighted by Crippen LogP contribution is -2.01. The Morgan fingerprint density at radius 2 is 1.59 bits per heavy atom. The van der Waals surface area contributed by atoms with Crippen LogP contribution in [0.15, 0.2) is 54.6 Å². The zero-order valence-electron chi connectivity index (χ0n) is 14.9. The van der Waals surface area contributed by atoms with Crippen molar-refractivity contribution in [2.75, 3.05) is 0 Å². The number of pyridine rings is 1. The van der Waals surface area contributed by atoms with Crippen LogP contribution in [0, 0.1) is 0 Å². The molecule has 0 amide bonds. The van der Waals surface area contributed by atoms with Gasteiger partial charge in [0.1, 0.15) is 0 Å². The molecule has 3 aromatic carbocycles. The molecule has 4 aromatic rings. The molecule has 0 saturated carbocycles. The number of hydrogen-bond acceptors (Lipinski definition) is 1. The fourth-order valence-corrected chi connectivity index (χ4v) is 4.88. The molecule has 0 radical (unpaired) electrons. The second kappa shape index (κ2) is 6.82. The zero-order valence-corrected chi connectivity index (χ0v) is 16.4. The summed E-state index contributed by atoms with van der Waals surface area (Å²) in [4.78, 5) is 5.11. The standard InChI is InChI=1S/C24H19Cl2N/c25-16-11-12-20(21(26)14-16)24-19-9-3-1-2-8-18(19)23-17-7-5-4-6-15(17)10-13-22(23)27-24/h4-7,10-14H,1-3,8-9H2. The number of aromatic nitrogens is 1. The number of halogens is 2. The van der Waals surface area contributed by atoms with Crippen LogP contribution >= 0.6 is 23.2 Å². The molecule has 0 unspecified atom stereocenters. The lowest BCUT2D eigenvalue weighted by Gasteiger charge is -2.18. The molecule has 1 nitrogen and oxygen atoms in total. The Hall–Kier alpha value is -2.09. The molecular weight excluding hydrogens is 373 g/mol. The van der Waals surface area contributed by atoms with Crippen molar-refractivity contribution < 1.29 is 0 Å². The van der Waals surface area contributed by atoms with E-state index in [9.17, 15) is 0 Å². The molecule has 0 N–H and O–H groups in total. The van der Waals surface area contributed by atoms with Gasteiger partial charge in [0.25, 0.3) is 0 Å². The minimum Gasteiger partial charge on any atom is -0.247 e. The summed E-state index contributed by atoms with van der Waals surface area (Å²) in [7, 11) is 0. The molecule has 0 fully saturated rings. The van der Waals surface area contributed by atoms with Crippen molar-refractivity contribution in [1.82, 2.24) is 4.98 Å². The Labute approximate surface area is 168 Å². The summed E-state index contributed by atoms with van der Waals surface area (Å²) in [5.74, 6) is 0. The molecule has 1 aromatic heterocycles. The van der Waals surface area contributed by atoms with Gasteiger partial charge in [0.15, 0.2) is 0 Å². The highest BCUT2D eigenvalue weighted by Crippen LogP contribution is 2.39. The van der Waals surface area contributed by atoms with Crippen molar-refractivity contribution in [2.45, 2.75) is 32.1 Å². The van der Waals surface area contributed by atoms with Gasteiger partial charge in [0.2, 0.25) is 0 Å². The highest BCUT2D eigenvalue weighted by molar-refractivity contribution is 6.36. The second-order valence-electron chi connectivity index (χ2n) is 7.28. The SMILES string of the molecule is Clc1ccc(-c2nc3ccc4ccccc4c3c3c2CCCCC3)c(Cl)c1. The van der Waals surface area contributed by atoms with Gasteiger partial charge in [0, 0.05) is 16.0 Å². The number of hydrogen-bond donors (Lipinski definition) is 0. The molecule has 5 rings (SSSR count). The van der Waals surface area contributed by atoms with Gasteiger partial charge in [-0.05, 0) is 71.8 Å². The zero-order chi connectivity index (χ0) is 18.4. The first kappa shape index (κ1) is 17.0. The maximum absolute atomic E-state index is 6.57. The Bertz CT molecular complexity index is 1180. The largest absolute Gasteiger partial charge is 0.247 e. The van der Waals surface area contributed by atoms with Gasteiger partial charge in [-0.3, -0.25) is 0 Å². The first-order valence-corrected chi connectivity index (χ1v) is 10.3. The summed E-state index contributed by atoms with van der Waals surface area (Å²) in [6.07, 6.45) is 5.83. The van der Waals surface area contributed by atoms with Crippen molar-refractivity contribution in [3.8, 4) is 11.3 Å². The monoisotopic (exact) mass is 391 g/mol. The van der Waals surface area contributed by atoms with Crippen molar-refractivity contribution in [1.29, 1.82) is 0 Å². The van der Waals surface area contributed by atoms with Crippen LogP contribution in [-0.4, -0.2) is 4.98 Å². The maximum Gasteiger partial charge on any atom is 0.0759 e. The van der Waals surface area contributed by atoms with Gasteiger partial charge < -0.3 is 0 Å². The molecule has 0 aliphatic heterocycles. The van der Waals surface area contributed by atoms with Gasteiger partial charge in [0.05, 0.1) is 16.2 Å². The summed E-state index contributed by atoms with van der Waals surface area (Å²) in [6.45, 7) is 0. The van der Waals surface area contributed by atoms with Crippen LogP contribution in [0.25, 0.3) is 32.9 Å². The number of benzene rings is 3. The Morgan fingerprint density at radius 3 is 2.44 bits per heavy atom. The summed E-state index contributed by atoms with van der Waals surface area (Å²) in [6, 6.07) is 18.7. The predicted octanol–water partition coefficient (Wildman–Crippen LogP) is 7.63. The molecule has 1 aliphatic rings. The highest BCUT2D eigenvalue weighted by Gasteiger charge is 2.21. The van der Waals surface area contributed by atoms with Crippen molar-refractivity contribution in [2.24, 2.45) is 0 Å². The minimum absolute atomic E-state index is 0.654. The van der Waals surface area contributed by atoms with Crippen LogP contribution in [0.1, 0.15) is 30.4 Å². The van der Waals surface area contributed by atoms with Gasteiger partial charge in [-0.25, -0.2) is 4.98 Å². The fourth-order valence-electron chi connectivity index (χ4n) is 4.38. The van der Waals surface area contributed by atoms with Gasteiger partial charge in [-0.1, -0.05) is 60.0 Å². The van der Waals surface area contributed by atoms with E-state index in [4.69, 9.17) is 28.2 Å². The topological polar surface area (TPSA) is 12.9 Å². The average molecular weight is 392 g/mol. The van der Waals surface area contributed by atoms with Crippen LogP contribution in [-0.2, 0) is 12.8 Å². The van der Waals surface area contributed by atoms with Crippen molar-refractivity contribution in [3.63, 3.8) is 0 Å². The molecule has 0 atom stereocenters. The average Bonchev–Trinajstić information content (AvgIpc) is 2.93. The van der Waals surface area contributed by atoms with E-state index < -0.39 is 0 Å². The Balaban J connectivity index is 1.90. The van der Waals surface area contributed by atoms with E-state index in [-0.39, 0.29) is 0 Å². The molecule has 1 aliphatic carbocycles. The number of nitrogens with zero attached hydrogens (tertiary/aromatic N) is 1. The van der Waals surface area contributed by atoms with Crippen LogP contribution in [0.4, 0.5) is 0 Å². The molecule has 0 bridgehead atoms. The summed E-state index contributed by atoms with van der Waals surface area (Å²) < 4.78 is 0. The highest BCUT2D eigenvalue weighted by atomic mass is 35.5. The van der Waals surface area contributed by atoms with E-state index in [1.54, 1.807) is 0 Å². The minimum atomic E-state index is 0.654. The van der Waals surface area contributed by atoms with E-state index in [0.717, 1.165) is 29.6 Å². The molecule has 27 heavy (non-hydrogen) atoms. The van der Waals surface area contributed by atoms with Gasteiger partial charge >= 0.3 is 0 Å². The van der Waals surface area contributed by atoms with E-state index in [0.29, 0.717) is 10.0 Å². The molecule has 0 spiro atoms. The maximum atomic E-state index is 6.57. The van der Waals surface area contributed by atoms with E-state index in [1.807, 2.05) is 18.2 Å². The number of rotatable bonds is 1. The quantitative estimate of drug-likeness (QED) is 0.240. The summed E-state index contributed by atoms with van der Waals surface area (Å²) >= 11 is 12.7. The Kier molecular flexibility index (Phi) is 4.30. The lowest BCUT2D eigenvalue weighted by molar-refractivity contribution is 0.712. The van der Waals surface area contributed by atoms with E-state index >= 15 is 0 Å². The first-order valence-electron chi connectivity index (χ1n) is 9.51. The van der Waals surface area contributed by atoms with Crippen molar-refractivity contribution in [3.05, 3.63) is 75.8 Å². The molecular formula is C24H19Cl2N. The van der Waals surface area contributed by atoms with Crippen LogP contribution in [0.3, 0.4) is 0 Å². The molecule has 3 heteroatoms. The third-order valence-corrected chi connectivity index (χ3v) is 6.18. The van der Waals surface area contributed by atoms with Crippen molar-refractivity contribution >= 4 is 44.9 Å². The summed E-state index contributed by atoms with van der Waals surface area (Å²) in [5.41, 5.74) is 5.87. The van der Waals surface area contributed by atoms with E-state index in [1.165, 1.54) is 46.5 Å².